The van der Waals surface area contributed by atoms with Crippen LogP contribution in [0.3, 0.4) is 0 Å². The van der Waals surface area contributed by atoms with Gasteiger partial charge in [0.2, 0.25) is 5.95 Å². The van der Waals surface area contributed by atoms with Gasteiger partial charge in [0.05, 0.1) is 11.1 Å². The van der Waals surface area contributed by atoms with E-state index in [1.54, 1.807) is 23.7 Å². The monoisotopic (exact) mass is 462 g/mol. The highest BCUT2D eigenvalue weighted by Gasteiger charge is 2.23. The summed E-state index contributed by atoms with van der Waals surface area (Å²) in [4.78, 5) is 28.4. The lowest BCUT2D eigenvalue weighted by Crippen LogP contribution is -2.34. The van der Waals surface area contributed by atoms with E-state index in [4.69, 9.17) is 9.97 Å². The lowest BCUT2D eigenvalue weighted by Gasteiger charge is -2.29. The normalized spacial score (nSPS) is 18.0. The Balaban J connectivity index is 1.32. The summed E-state index contributed by atoms with van der Waals surface area (Å²) in [6, 6.07) is 12.0. The Morgan fingerprint density at radius 3 is 2.70 bits per heavy atom. The number of fused-ring (bicyclic) bond motifs is 1. The number of amides is 1. The highest BCUT2D eigenvalue weighted by Crippen LogP contribution is 2.28. The molecule has 4 rings (SSSR count). The number of carbonyl (C=O) groups excluding carboxylic acids is 1. The van der Waals surface area contributed by atoms with Gasteiger partial charge in [0.25, 0.3) is 5.91 Å². The Bertz CT molecular complexity index is 1130. The highest BCUT2D eigenvalue weighted by molar-refractivity contribution is 8.02. The molecule has 172 valence electrons. The van der Waals surface area contributed by atoms with Crippen molar-refractivity contribution in [2.45, 2.75) is 36.8 Å². The zero-order valence-electron chi connectivity index (χ0n) is 19.1. The standard InChI is InChI=1S/C25H30N6OS/c1-4-33-24-20(9-7-15-26-24)23(32)27-16-17-11-13-18(14-12-17)28-25-29-21-10-6-5-8-19(21)22(30-25)31(2)3/h4-10,15,17-18H,1,11-14,16H2,2-3H3,(H,27,32)(H,28,29,30)/t17-,18+. The van der Waals surface area contributed by atoms with E-state index in [1.807, 2.05) is 37.2 Å². The molecular formula is C25H30N6OS. The number of nitrogens with zero attached hydrogens (tertiary/aromatic N) is 4. The van der Waals surface area contributed by atoms with Gasteiger partial charge >= 0.3 is 0 Å². The van der Waals surface area contributed by atoms with Crippen LogP contribution in [0.4, 0.5) is 11.8 Å². The minimum atomic E-state index is -0.0755. The topological polar surface area (TPSA) is 83.0 Å². The van der Waals surface area contributed by atoms with E-state index < -0.39 is 0 Å². The van der Waals surface area contributed by atoms with Gasteiger partial charge in [-0.25, -0.2) is 9.97 Å². The van der Waals surface area contributed by atoms with Gasteiger partial charge in [0.15, 0.2) is 0 Å². The molecule has 1 amide bonds. The van der Waals surface area contributed by atoms with Crippen molar-refractivity contribution in [3.05, 3.63) is 60.1 Å². The van der Waals surface area contributed by atoms with E-state index in [0.717, 1.165) is 42.4 Å². The van der Waals surface area contributed by atoms with Gasteiger partial charge in [-0.2, -0.15) is 4.98 Å². The number of anilines is 2. The van der Waals surface area contributed by atoms with Crippen LogP contribution in [0.15, 0.2) is 59.6 Å². The molecule has 0 bridgehead atoms. The number of pyridine rings is 1. The van der Waals surface area contributed by atoms with Gasteiger partial charge in [0, 0.05) is 38.3 Å². The van der Waals surface area contributed by atoms with Crippen molar-refractivity contribution in [2.75, 3.05) is 30.9 Å². The van der Waals surface area contributed by atoms with Crippen molar-refractivity contribution in [3.63, 3.8) is 0 Å². The predicted molar refractivity (Wildman–Crippen MR) is 136 cm³/mol. The first-order chi connectivity index (χ1) is 16.0. The third kappa shape index (κ3) is 5.63. The third-order valence-electron chi connectivity index (χ3n) is 5.95. The number of benzene rings is 1. The Labute approximate surface area is 199 Å². The second kappa shape index (κ2) is 10.7. The lowest BCUT2D eigenvalue weighted by molar-refractivity contribution is 0.0939. The van der Waals surface area contributed by atoms with E-state index in [0.29, 0.717) is 35.0 Å². The molecule has 0 radical (unpaired) electrons. The van der Waals surface area contributed by atoms with Crippen LogP contribution in [0.1, 0.15) is 36.0 Å². The summed E-state index contributed by atoms with van der Waals surface area (Å²) < 4.78 is 0. The fourth-order valence-corrected chi connectivity index (χ4v) is 4.79. The number of carbonyl (C=O) groups is 1. The maximum Gasteiger partial charge on any atom is 0.254 e. The van der Waals surface area contributed by atoms with Gasteiger partial charge in [-0.05, 0) is 61.3 Å². The lowest BCUT2D eigenvalue weighted by atomic mass is 9.86. The van der Waals surface area contributed by atoms with Crippen molar-refractivity contribution in [2.24, 2.45) is 5.92 Å². The van der Waals surface area contributed by atoms with Gasteiger partial charge in [-0.1, -0.05) is 30.5 Å². The van der Waals surface area contributed by atoms with Crippen LogP contribution in [0.2, 0.25) is 0 Å². The molecule has 33 heavy (non-hydrogen) atoms. The van der Waals surface area contributed by atoms with E-state index in [-0.39, 0.29) is 5.91 Å². The summed E-state index contributed by atoms with van der Waals surface area (Å²) in [5.41, 5.74) is 1.54. The van der Waals surface area contributed by atoms with Crippen molar-refractivity contribution in [1.29, 1.82) is 0 Å². The Morgan fingerprint density at radius 2 is 1.94 bits per heavy atom. The molecule has 1 aliphatic rings. The molecule has 1 aromatic carbocycles. The quantitative estimate of drug-likeness (QED) is 0.468. The molecule has 0 saturated heterocycles. The minimum Gasteiger partial charge on any atom is -0.362 e. The van der Waals surface area contributed by atoms with Crippen LogP contribution in [0.25, 0.3) is 10.9 Å². The number of aromatic nitrogens is 3. The molecule has 1 aliphatic carbocycles. The highest BCUT2D eigenvalue weighted by atomic mass is 32.2. The number of hydrogen-bond acceptors (Lipinski definition) is 7. The molecule has 0 aliphatic heterocycles. The Hall–Kier alpha value is -3.13. The number of para-hydroxylation sites is 1. The van der Waals surface area contributed by atoms with Crippen LogP contribution >= 0.6 is 11.8 Å². The molecule has 7 nitrogen and oxygen atoms in total. The van der Waals surface area contributed by atoms with Crippen LogP contribution in [0.5, 0.6) is 0 Å². The molecule has 1 fully saturated rings. The van der Waals surface area contributed by atoms with Crippen LogP contribution in [-0.2, 0) is 0 Å². The van der Waals surface area contributed by atoms with E-state index in [2.05, 4.69) is 28.3 Å². The largest absolute Gasteiger partial charge is 0.362 e. The van der Waals surface area contributed by atoms with Crippen LogP contribution in [0, 0.1) is 5.92 Å². The Kier molecular flexibility index (Phi) is 7.44. The second-order valence-corrected chi connectivity index (χ2v) is 9.45. The smallest absolute Gasteiger partial charge is 0.254 e. The maximum atomic E-state index is 12.7. The van der Waals surface area contributed by atoms with Crippen molar-refractivity contribution in [1.82, 2.24) is 20.3 Å². The van der Waals surface area contributed by atoms with E-state index in [1.165, 1.54) is 11.8 Å². The molecule has 0 spiro atoms. The molecule has 2 N–H and O–H groups in total. The van der Waals surface area contributed by atoms with Gasteiger partial charge in [-0.3, -0.25) is 4.79 Å². The molecule has 0 unspecified atom stereocenters. The molecular weight excluding hydrogens is 432 g/mol. The zero-order chi connectivity index (χ0) is 23.2. The Morgan fingerprint density at radius 1 is 1.15 bits per heavy atom. The zero-order valence-corrected chi connectivity index (χ0v) is 19.9. The summed E-state index contributed by atoms with van der Waals surface area (Å²) in [6.45, 7) is 4.39. The van der Waals surface area contributed by atoms with Crippen LogP contribution < -0.4 is 15.5 Å². The molecule has 8 heteroatoms. The first kappa shape index (κ1) is 23.0. The summed E-state index contributed by atoms with van der Waals surface area (Å²) in [5, 5.41) is 10.1. The van der Waals surface area contributed by atoms with Gasteiger partial charge in [0.1, 0.15) is 10.8 Å². The molecule has 1 saturated carbocycles. The van der Waals surface area contributed by atoms with Gasteiger partial charge in [-0.15, -0.1) is 0 Å². The first-order valence-electron chi connectivity index (χ1n) is 11.3. The predicted octanol–water partition coefficient (Wildman–Crippen LogP) is 4.73. The number of rotatable bonds is 8. The summed E-state index contributed by atoms with van der Waals surface area (Å²) in [6.07, 6.45) is 5.84. The van der Waals surface area contributed by atoms with E-state index >= 15 is 0 Å². The van der Waals surface area contributed by atoms with Crippen molar-refractivity contribution in [3.8, 4) is 0 Å². The third-order valence-corrected chi connectivity index (χ3v) is 6.66. The number of thioether (sulfide) groups is 1. The SMILES string of the molecule is C=CSc1ncccc1C(=O)NC[C@H]1CC[C@@H](Nc2nc(N(C)C)c3ccccc3n2)CC1. The maximum absolute atomic E-state index is 12.7. The fourth-order valence-electron chi connectivity index (χ4n) is 4.23. The summed E-state index contributed by atoms with van der Waals surface area (Å²) in [5.74, 6) is 1.99. The number of hydrogen-bond donors (Lipinski definition) is 2. The average molecular weight is 463 g/mol. The van der Waals surface area contributed by atoms with Crippen molar-refractivity contribution < 1.29 is 4.79 Å². The average Bonchev–Trinajstić information content (AvgIpc) is 2.83. The van der Waals surface area contributed by atoms with E-state index in [9.17, 15) is 4.79 Å². The van der Waals surface area contributed by atoms with Crippen molar-refractivity contribution >= 4 is 40.3 Å². The molecule has 2 heterocycles. The molecule has 0 atom stereocenters. The summed E-state index contributed by atoms with van der Waals surface area (Å²) >= 11 is 1.36. The molecule has 2 aromatic heterocycles. The van der Waals surface area contributed by atoms with Crippen LogP contribution in [-0.4, -0.2) is 47.5 Å². The second-order valence-electron chi connectivity index (χ2n) is 8.50. The van der Waals surface area contributed by atoms with Gasteiger partial charge < -0.3 is 15.5 Å². The number of nitrogens with one attached hydrogen (secondary N) is 2. The first-order valence-corrected chi connectivity index (χ1v) is 12.1. The molecule has 3 aromatic rings. The minimum absolute atomic E-state index is 0.0755. The summed E-state index contributed by atoms with van der Waals surface area (Å²) in [7, 11) is 4.01. The fraction of sp³-hybridized carbons (Fsp3) is 0.360.